The van der Waals surface area contributed by atoms with Crippen LogP contribution in [0.5, 0.6) is 0 Å². The van der Waals surface area contributed by atoms with Gasteiger partial charge in [-0.2, -0.15) is 26.7 Å². The number of aryl methyl sites for hydroxylation is 1. The lowest BCUT2D eigenvalue weighted by Crippen LogP contribution is -2.40. The fraction of sp³-hybridized carbons (Fsp3) is 0.200. The number of hydrogen-bond acceptors (Lipinski definition) is 8. The van der Waals surface area contributed by atoms with Crippen molar-refractivity contribution in [3.8, 4) is 11.3 Å². The smallest absolute Gasteiger partial charge is 0.312 e. The number of pyridine rings is 2. The van der Waals surface area contributed by atoms with E-state index in [2.05, 4.69) is 30.2 Å². The quantitative estimate of drug-likeness (QED) is 0.320. The highest BCUT2D eigenvalue weighted by Gasteiger charge is 2.32. The Morgan fingerprint density at radius 2 is 1.83 bits per heavy atom. The highest BCUT2D eigenvalue weighted by Crippen LogP contribution is 2.28. The number of nitrogens with zero attached hydrogens (tertiary/aromatic N) is 8. The lowest BCUT2D eigenvalue weighted by Gasteiger charge is -2.15. The fourth-order valence-corrected chi connectivity index (χ4v) is 4.01. The van der Waals surface area contributed by atoms with Gasteiger partial charge in [0.15, 0.2) is 17.0 Å². The number of alkyl halides is 3. The number of hydrogen-bond donors (Lipinski definition) is 1. The number of amides is 1. The lowest BCUT2D eigenvalue weighted by atomic mass is 10.2. The second-order valence-corrected chi connectivity index (χ2v) is 8.76. The molecule has 41 heavy (non-hydrogen) atoms. The second-order valence-electron chi connectivity index (χ2n) is 8.76. The number of fused-ring (bicyclic) bond motifs is 1. The Balaban J connectivity index is 0.00000387. The minimum absolute atomic E-state index is 0. The molecule has 0 aliphatic heterocycles. The summed E-state index contributed by atoms with van der Waals surface area (Å²) in [5.74, 6) is -0.556. The van der Waals surface area contributed by atoms with Crippen LogP contribution in [0.3, 0.4) is 0 Å². The molecule has 0 aromatic carbocycles. The van der Waals surface area contributed by atoms with Gasteiger partial charge in [-0.05, 0) is 31.2 Å². The summed E-state index contributed by atoms with van der Waals surface area (Å²) < 4.78 is 42.0. The summed E-state index contributed by atoms with van der Waals surface area (Å²) in [6, 6.07) is 6.17. The summed E-state index contributed by atoms with van der Waals surface area (Å²) >= 11 is 0. The monoisotopic (exact) mass is 585 g/mol. The summed E-state index contributed by atoms with van der Waals surface area (Å²) in [6.45, 7) is 1.45. The topological polar surface area (TPSA) is 142 Å². The number of carbonyl (C=O) groups excluding carboxylic acids is 1. The molecule has 0 unspecified atom stereocenters. The van der Waals surface area contributed by atoms with Gasteiger partial charge >= 0.3 is 11.9 Å². The van der Waals surface area contributed by atoms with Gasteiger partial charge in [-0.15, -0.1) is 0 Å². The minimum atomic E-state index is -4.58. The third kappa shape index (κ3) is 5.72. The number of carbonyl (C=O) groups is 1. The molecule has 0 spiro atoms. The first-order valence-corrected chi connectivity index (χ1v) is 11.8. The summed E-state index contributed by atoms with van der Waals surface area (Å²) in [5.41, 5.74) is -1.19. The molecule has 5 aromatic heterocycles. The van der Waals surface area contributed by atoms with Gasteiger partial charge in [-0.3, -0.25) is 33.7 Å². The highest BCUT2D eigenvalue weighted by molar-refractivity contribution is 7.59. The molecule has 5 heterocycles. The van der Waals surface area contributed by atoms with Gasteiger partial charge in [-0.1, -0.05) is 6.07 Å². The van der Waals surface area contributed by atoms with Gasteiger partial charge in [0.05, 0.1) is 36.7 Å². The minimum Gasteiger partial charge on any atom is -0.312 e. The van der Waals surface area contributed by atoms with Crippen molar-refractivity contribution in [3.05, 3.63) is 93.7 Å². The van der Waals surface area contributed by atoms with Crippen LogP contribution in [0.15, 0.2) is 71.0 Å². The van der Waals surface area contributed by atoms with E-state index in [-0.39, 0.29) is 48.3 Å². The van der Waals surface area contributed by atoms with Gasteiger partial charge < -0.3 is 9.88 Å². The van der Waals surface area contributed by atoms with Gasteiger partial charge in [-0.25, -0.2) is 14.8 Å². The zero-order valence-corrected chi connectivity index (χ0v) is 22.5. The fourth-order valence-electron chi connectivity index (χ4n) is 4.01. The van der Waals surface area contributed by atoms with Crippen LogP contribution in [0.4, 0.5) is 19.0 Å². The van der Waals surface area contributed by atoms with Crippen molar-refractivity contribution in [2.45, 2.75) is 25.7 Å². The van der Waals surface area contributed by atoms with Crippen molar-refractivity contribution < 1.29 is 18.0 Å². The van der Waals surface area contributed by atoms with Crippen molar-refractivity contribution in [3.63, 3.8) is 0 Å². The molecule has 16 heteroatoms. The Labute approximate surface area is 236 Å². The molecule has 0 saturated heterocycles. The number of nitrogens with one attached hydrogen (secondary N) is 1. The van der Waals surface area contributed by atoms with E-state index in [4.69, 9.17) is 0 Å². The van der Waals surface area contributed by atoms with E-state index in [0.717, 1.165) is 16.8 Å². The Bertz CT molecular complexity index is 1840. The molecular weight excluding hydrogens is 563 g/mol. The van der Waals surface area contributed by atoms with Crippen LogP contribution in [0, 0.1) is 0 Å². The zero-order valence-electron chi connectivity index (χ0n) is 21.5. The molecule has 0 saturated carbocycles. The summed E-state index contributed by atoms with van der Waals surface area (Å²) in [5, 5.41) is 2.59. The zero-order chi connectivity index (χ0) is 28.6. The first-order chi connectivity index (χ1) is 19.0. The van der Waals surface area contributed by atoms with Crippen molar-refractivity contribution in [1.29, 1.82) is 0 Å². The van der Waals surface area contributed by atoms with Gasteiger partial charge in [0.25, 0.3) is 5.56 Å². The molecule has 0 aliphatic carbocycles. The van der Waals surface area contributed by atoms with Gasteiger partial charge in [0.2, 0.25) is 5.91 Å². The number of imidazole rings is 1. The lowest BCUT2D eigenvalue weighted by molar-refractivity contribution is -0.141. The highest BCUT2D eigenvalue weighted by atomic mass is 32.1. The van der Waals surface area contributed by atoms with E-state index in [0.29, 0.717) is 5.69 Å². The molecule has 1 amide bonds. The Morgan fingerprint density at radius 3 is 2.49 bits per heavy atom. The molecule has 5 aromatic rings. The molecule has 1 N–H and O–H groups in total. The van der Waals surface area contributed by atoms with Crippen LogP contribution < -0.4 is 16.6 Å². The molecule has 0 radical (unpaired) electrons. The van der Waals surface area contributed by atoms with Crippen LogP contribution in [0.2, 0.25) is 0 Å². The van der Waals surface area contributed by atoms with Crippen LogP contribution in [-0.4, -0.2) is 44.5 Å². The van der Waals surface area contributed by atoms with E-state index in [9.17, 15) is 27.6 Å². The Hall–Kier alpha value is -4.86. The third-order valence-corrected chi connectivity index (χ3v) is 6.14. The van der Waals surface area contributed by atoms with Crippen molar-refractivity contribution in [2.75, 3.05) is 5.32 Å². The molecule has 0 bridgehead atoms. The van der Waals surface area contributed by atoms with Crippen LogP contribution in [0.1, 0.15) is 24.4 Å². The van der Waals surface area contributed by atoms with E-state index >= 15 is 0 Å². The Morgan fingerprint density at radius 1 is 1.05 bits per heavy atom. The first-order valence-electron chi connectivity index (χ1n) is 11.8. The van der Waals surface area contributed by atoms with E-state index in [1.54, 1.807) is 24.4 Å². The number of anilines is 1. The average Bonchev–Trinajstić information content (AvgIpc) is 3.39. The SMILES string of the molecule is C[C@@H](C(=O)Nc1cncc(-c2ccc(C(F)(F)F)nc2)n1)n1cnc2c1c(=O)n(Cc1ccccn1)c(=O)n2C.S. The largest absolute Gasteiger partial charge is 0.433 e. The summed E-state index contributed by atoms with van der Waals surface area (Å²) in [4.78, 5) is 59.4. The molecular formula is C25H22F3N9O3S. The second kappa shape index (κ2) is 11.3. The number of rotatable bonds is 6. The predicted molar refractivity (Wildman–Crippen MR) is 147 cm³/mol. The van der Waals surface area contributed by atoms with Crippen molar-refractivity contribution in [2.24, 2.45) is 7.05 Å². The maximum absolute atomic E-state index is 13.4. The van der Waals surface area contributed by atoms with E-state index < -0.39 is 35.1 Å². The van der Waals surface area contributed by atoms with Gasteiger partial charge in [0, 0.05) is 25.0 Å². The molecule has 1 atom stereocenters. The van der Waals surface area contributed by atoms with Crippen LogP contribution in [-0.2, 0) is 24.6 Å². The third-order valence-electron chi connectivity index (χ3n) is 6.14. The van der Waals surface area contributed by atoms with Crippen molar-refractivity contribution >= 4 is 36.4 Å². The molecule has 12 nitrogen and oxygen atoms in total. The number of halogens is 3. The molecule has 0 aliphatic rings. The Kier molecular flexibility index (Phi) is 8.05. The van der Waals surface area contributed by atoms with Gasteiger partial charge in [0.1, 0.15) is 11.7 Å². The normalized spacial score (nSPS) is 12.1. The van der Waals surface area contributed by atoms with Crippen molar-refractivity contribution in [1.82, 2.24) is 38.6 Å². The summed E-state index contributed by atoms with van der Waals surface area (Å²) in [6.07, 6.45) is 1.85. The van der Waals surface area contributed by atoms with Crippen LogP contribution >= 0.6 is 13.5 Å². The average molecular weight is 586 g/mol. The standard InChI is InChI=1S/C25H20F3N9O3.H2S/c1-14(22(38)34-19-11-29-10-17(33-19)15-6-7-18(31-9-15)25(26,27)28)37-13-32-21-20(37)23(39)36(24(40)35(21)2)12-16-5-3-4-8-30-16;/h3-11,13-14H,12H2,1-2H3,(H,33,34,38);1H2/t14-;/m0./s1. The maximum Gasteiger partial charge on any atom is 0.433 e. The molecule has 5 rings (SSSR count). The summed E-state index contributed by atoms with van der Waals surface area (Å²) in [7, 11) is 1.47. The van der Waals surface area contributed by atoms with E-state index in [1.807, 2.05) is 0 Å². The first kappa shape index (κ1) is 29.1. The predicted octanol–water partition coefficient (Wildman–Crippen LogP) is 2.52. The van der Waals surface area contributed by atoms with Crippen LogP contribution in [0.25, 0.3) is 22.4 Å². The molecule has 212 valence electrons. The van der Waals surface area contributed by atoms with E-state index in [1.165, 1.54) is 47.9 Å². The number of aromatic nitrogens is 8. The maximum atomic E-state index is 13.4. The molecule has 0 fully saturated rings.